The molecule has 5 nitrogen and oxygen atoms in total. The summed E-state index contributed by atoms with van der Waals surface area (Å²) in [5, 5.41) is 9.29. The average Bonchev–Trinajstić information content (AvgIpc) is 3.38. The van der Waals surface area contributed by atoms with Crippen molar-refractivity contribution < 1.29 is 19.4 Å². The Balaban J connectivity index is 1.72. The number of benzene rings is 1. The van der Waals surface area contributed by atoms with E-state index in [0.29, 0.717) is 19.8 Å². The van der Waals surface area contributed by atoms with Crippen molar-refractivity contribution in [3.05, 3.63) is 35.4 Å². The minimum atomic E-state index is -0.855. The Bertz CT molecular complexity index is 689. The molecule has 0 bridgehead atoms. The highest BCUT2D eigenvalue weighted by Gasteiger charge is 2.60. The maximum atomic E-state index is 13.3. The number of aliphatic carboxylic acids is 1. The van der Waals surface area contributed by atoms with Crippen LogP contribution in [0.2, 0.25) is 0 Å². The summed E-state index contributed by atoms with van der Waals surface area (Å²) in [5.74, 6) is -1.30. The van der Waals surface area contributed by atoms with E-state index in [2.05, 4.69) is 24.3 Å². The largest absolute Gasteiger partial charge is 0.481 e. The molecule has 2 aliphatic rings. The third kappa shape index (κ3) is 4.18. The van der Waals surface area contributed by atoms with Gasteiger partial charge >= 0.3 is 5.97 Å². The van der Waals surface area contributed by atoms with Gasteiger partial charge in [-0.1, -0.05) is 31.2 Å². The van der Waals surface area contributed by atoms with Gasteiger partial charge in [0.15, 0.2) is 0 Å². The van der Waals surface area contributed by atoms with E-state index < -0.39 is 11.9 Å². The zero-order valence-electron chi connectivity index (χ0n) is 16.4. The molecule has 148 valence electrons. The van der Waals surface area contributed by atoms with Crippen molar-refractivity contribution in [3.63, 3.8) is 0 Å². The number of rotatable bonds is 9. The number of nitrogens with zero attached hydrogens (tertiary/aromatic N) is 1. The van der Waals surface area contributed by atoms with E-state index >= 15 is 0 Å². The molecular weight excluding hydrogens is 342 g/mol. The zero-order valence-corrected chi connectivity index (χ0v) is 16.4. The SMILES string of the molecule is CCOCCCN(CC(C)C(=O)O)C(=O)C1CC12CCCc1ccccc12. The first kappa shape index (κ1) is 19.9. The molecule has 3 atom stereocenters. The molecule has 1 N–H and O–H groups in total. The number of amides is 1. The van der Waals surface area contributed by atoms with Crippen molar-refractivity contribution in [2.24, 2.45) is 11.8 Å². The van der Waals surface area contributed by atoms with Crippen LogP contribution in [-0.4, -0.2) is 48.2 Å². The minimum Gasteiger partial charge on any atom is -0.481 e. The predicted octanol–water partition coefficient (Wildman–Crippen LogP) is 3.26. The van der Waals surface area contributed by atoms with Crippen molar-refractivity contribution in [2.45, 2.75) is 51.4 Å². The van der Waals surface area contributed by atoms with E-state index in [1.54, 1.807) is 11.8 Å². The van der Waals surface area contributed by atoms with Crippen LogP contribution in [0.5, 0.6) is 0 Å². The summed E-state index contributed by atoms with van der Waals surface area (Å²) in [6, 6.07) is 8.51. The molecule has 0 radical (unpaired) electrons. The summed E-state index contributed by atoms with van der Waals surface area (Å²) in [4.78, 5) is 26.4. The molecule has 0 aromatic heterocycles. The van der Waals surface area contributed by atoms with Crippen molar-refractivity contribution >= 4 is 11.9 Å². The summed E-state index contributed by atoms with van der Waals surface area (Å²) in [7, 11) is 0. The van der Waals surface area contributed by atoms with E-state index in [4.69, 9.17) is 4.74 Å². The Morgan fingerprint density at radius 1 is 1.37 bits per heavy atom. The molecule has 3 rings (SSSR count). The fourth-order valence-electron chi connectivity index (χ4n) is 4.58. The van der Waals surface area contributed by atoms with Gasteiger partial charge in [0, 0.05) is 37.6 Å². The van der Waals surface area contributed by atoms with Gasteiger partial charge in [0.2, 0.25) is 5.91 Å². The first-order valence-electron chi connectivity index (χ1n) is 10.2. The minimum absolute atomic E-state index is 0.00737. The van der Waals surface area contributed by atoms with E-state index in [-0.39, 0.29) is 23.8 Å². The molecule has 1 fully saturated rings. The Kier molecular flexibility index (Phi) is 6.20. The molecule has 2 aliphatic carbocycles. The number of fused-ring (bicyclic) bond motifs is 2. The fourth-order valence-corrected chi connectivity index (χ4v) is 4.58. The summed E-state index contributed by atoms with van der Waals surface area (Å²) in [6.07, 6.45) is 4.90. The van der Waals surface area contributed by atoms with Crippen LogP contribution in [-0.2, 0) is 26.2 Å². The smallest absolute Gasteiger partial charge is 0.308 e. The van der Waals surface area contributed by atoms with E-state index in [9.17, 15) is 14.7 Å². The first-order chi connectivity index (χ1) is 13.0. The van der Waals surface area contributed by atoms with Gasteiger partial charge in [-0.3, -0.25) is 9.59 Å². The molecule has 27 heavy (non-hydrogen) atoms. The second kappa shape index (κ2) is 8.42. The Morgan fingerprint density at radius 2 is 2.15 bits per heavy atom. The number of carboxylic acid groups (broad SMARTS) is 1. The highest BCUT2D eigenvalue weighted by Crippen LogP contribution is 2.60. The summed E-state index contributed by atoms with van der Waals surface area (Å²) in [6.45, 7) is 5.70. The second-order valence-electron chi connectivity index (χ2n) is 8.00. The van der Waals surface area contributed by atoms with E-state index in [0.717, 1.165) is 32.1 Å². The van der Waals surface area contributed by atoms with Crippen LogP contribution in [0.3, 0.4) is 0 Å². The predicted molar refractivity (Wildman–Crippen MR) is 104 cm³/mol. The van der Waals surface area contributed by atoms with Gasteiger partial charge in [-0.2, -0.15) is 0 Å². The van der Waals surface area contributed by atoms with Crippen molar-refractivity contribution in [1.82, 2.24) is 4.90 Å². The van der Waals surface area contributed by atoms with E-state index in [1.807, 2.05) is 6.92 Å². The molecule has 1 aromatic rings. The highest BCUT2D eigenvalue weighted by molar-refractivity contribution is 5.85. The topological polar surface area (TPSA) is 66.8 Å². The number of carbonyl (C=O) groups excluding carboxylic acids is 1. The molecule has 1 saturated carbocycles. The molecule has 1 amide bonds. The molecule has 0 aliphatic heterocycles. The van der Waals surface area contributed by atoms with Crippen molar-refractivity contribution in [3.8, 4) is 0 Å². The maximum absolute atomic E-state index is 13.3. The van der Waals surface area contributed by atoms with Gasteiger partial charge in [-0.15, -0.1) is 0 Å². The maximum Gasteiger partial charge on any atom is 0.308 e. The molecule has 5 heteroatoms. The van der Waals surface area contributed by atoms with Gasteiger partial charge < -0.3 is 14.7 Å². The van der Waals surface area contributed by atoms with Crippen LogP contribution in [0.4, 0.5) is 0 Å². The molecule has 1 spiro atoms. The van der Waals surface area contributed by atoms with Crippen LogP contribution in [0, 0.1) is 11.8 Å². The van der Waals surface area contributed by atoms with Crippen LogP contribution in [0.25, 0.3) is 0 Å². The lowest BCUT2D eigenvalue weighted by molar-refractivity contribution is -0.143. The van der Waals surface area contributed by atoms with Crippen molar-refractivity contribution in [1.29, 1.82) is 0 Å². The number of carbonyl (C=O) groups is 2. The molecule has 1 aromatic carbocycles. The van der Waals surface area contributed by atoms with Gasteiger partial charge in [-0.25, -0.2) is 0 Å². The number of ether oxygens (including phenoxy) is 1. The summed E-state index contributed by atoms with van der Waals surface area (Å²) >= 11 is 0. The molecular formula is C22H31NO4. The fraction of sp³-hybridized carbons (Fsp3) is 0.636. The third-order valence-electron chi connectivity index (χ3n) is 6.14. The Labute approximate surface area is 161 Å². The van der Waals surface area contributed by atoms with Crippen LogP contribution in [0.1, 0.15) is 50.7 Å². The first-order valence-corrected chi connectivity index (χ1v) is 10.2. The normalized spacial score (nSPS) is 24.3. The van der Waals surface area contributed by atoms with Gasteiger partial charge in [-0.05, 0) is 50.2 Å². The lowest BCUT2D eigenvalue weighted by atomic mass is 9.78. The molecule has 3 unspecified atom stereocenters. The summed E-state index contributed by atoms with van der Waals surface area (Å²) < 4.78 is 5.39. The van der Waals surface area contributed by atoms with Crippen LogP contribution in [0.15, 0.2) is 24.3 Å². The zero-order chi connectivity index (χ0) is 19.4. The second-order valence-corrected chi connectivity index (χ2v) is 8.00. The van der Waals surface area contributed by atoms with Crippen LogP contribution < -0.4 is 0 Å². The Morgan fingerprint density at radius 3 is 2.89 bits per heavy atom. The van der Waals surface area contributed by atoms with Crippen molar-refractivity contribution in [2.75, 3.05) is 26.3 Å². The standard InChI is InChI=1S/C22H31NO4/c1-3-27-13-7-12-23(15-16(2)21(25)26)20(24)19-14-22(19)11-6-9-17-8-4-5-10-18(17)22/h4-5,8,10,16,19H,3,6-7,9,11-15H2,1-2H3,(H,25,26). The lowest BCUT2D eigenvalue weighted by Crippen LogP contribution is -2.40. The van der Waals surface area contributed by atoms with Gasteiger partial charge in [0.25, 0.3) is 0 Å². The number of hydrogen-bond acceptors (Lipinski definition) is 3. The lowest BCUT2D eigenvalue weighted by Gasteiger charge is -2.29. The number of aryl methyl sites for hydroxylation is 1. The number of hydrogen-bond donors (Lipinski definition) is 1. The van der Waals surface area contributed by atoms with Crippen LogP contribution >= 0.6 is 0 Å². The quantitative estimate of drug-likeness (QED) is 0.675. The number of carboxylic acids is 1. The van der Waals surface area contributed by atoms with Gasteiger partial charge in [0.1, 0.15) is 0 Å². The third-order valence-corrected chi connectivity index (χ3v) is 6.14. The van der Waals surface area contributed by atoms with Gasteiger partial charge in [0.05, 0.1) is 5.92 Å². The molecule has 0 saturated heterocycles. The van der Waals surface area contributed by atoms with E-state index in [1.165, 1.54) is 11.1 Å². The monoisotopic (exact) mass is 373 g/mol. The average molecular weight is 373 g/mol. The summed E-state index contributed by atoms with van der Waals surface area (Å²) in [5.41, 5.74) is 2.70. The molecule has 0 heterocycles. The Hall–Kier alpha value is -1.88. The highest BCUT2D eigenvalue weighted by atomic mass is 16.5.